The molecule has 72 valence electrons. The highest BCUT2D eigenvalue weighted by Gasteiger charge is 2.52. The molecule has 1 heterocycles. The number of nitrogens with zero attached hydrogens (tertiary/aromatic N) is 1. The third-order valence-electron chi connectivity index (χ3n) is 1.20. The van der Waals surface area contributed by atoms with Crippen LogP contribution in [0.4, 0.5) is 0 Å². The van der Waals surface area contributed by atoms with Gasteiger partial charge in [0.2, 0.25) is 0 Å². The van der Waals surface area contributed by atoms with Gasteiger partial charge in [-0.2, -0.15) is 0 Å². The Hall–Kier alpha value is 0.330. The van der Waals surface area contributed by atoms with Crippen LogP contribution >= 0.6 is 43.5 Å². The quantitative estimate of drug-likeness (QED) is 0.783. The summed E-state index contributed by atoms with van der Waals surface area (Å²) in [5.41, 5.74) is 0.301. The lowest BCUT2D eigenvalue weighted by atomic mass is 10.5. The molecule has 4 nitrogen and oxygen atoms in total. The number of halogens is 3. The van der Waals surface area contributed by atoms with E-state index in [9.17, 15) is 0 Å². The first-order valence-electron chi connectivity index (χ1n) is 3.00. The molecule has 0 saturated carbocycles. The zero-order chi connectivity index (χ0) is 9.73. The molecule has 0 spiro atoms. The van der Waals surface area contributed by atoms with E-state index in [0.717, 1.165) is 0 Å². The summed E-state index contributed by atoms with van der Waals surface area (Å²) in [6.45, 7) is 0. The molecule has 0 atom stereocenters. The standard InChI is InChI=1S/C5H4Cl3NO3P/c6-10-13(11-7,12-8)5-3-1-2-4-9-5/h1-4H/q+1. The minimum absolute atomic E-state index is 0.301. The highest BCUT2D eigenvalue weighted by atomic mass is 35.5. The molecule has 1 rings (SSSR count). The molecule has 13 heavy (non-hydrogen) atoms. The Bertz CT molecular complexity index is 250. The number of pyridine rings is 1. The smallest absolute Gasteiger partial charge is 0.215 e. The number of hydrogen-bond acceptors (Lipinski definition) is 4. The van der Waals surface area contributed by atoms with Crippen LogP contribution < -0.4 is 5.44 Å². The normalized spacial score (nSPS) is 11.6. The van der Waals surface area contributed by atoms with E-state index in [-0.39, 0.29) is 0 Å². The predicted octanol–water partition coefficient (Wildman–Crippen LogP) is 2.98. The molecule has 0 aliphatic rings. The van der Waals surface area contributed by atoms with Crippen LogP contribution in [0.15, 0.2) is 24.4 Å². The summed E-state index contributed by atoms with van der Waals surface area (Å²) in [7, 11) is -3.11. The zero-order valence-corrected chi connectivity index (χ0v) is 9.22. The molecule has 8 heteroatoms. The molecule has 1 aromatic heterocycles. The van der Waals surface area contributed by atoms with Crippen molar-refractivity contribution in [2.24, 2.45) is 0 Å². The van der Waals surface area contributed by atoms with Crippen molar-refractivity contribution in [2.75, 3.05) is 0 Å². The lowest BCUT2D eigenvalue weighted by Gasteiger charge is -2.07. The summed E-state index contributed by atoms with van der Waals surface area (Å²) in [6.07, 6.45) is 1.51. The first-order valence-corrected chi connectivity index (χ1v) is 5.47. The molecular formula is C5H4Cl3NO3P+. The van der Waals surface area contributed by atoms with Crippen molar-refractivity contribution < 1.29 is 12.2 Å². The van der Waals surface area contributed by atoms with Crippen LogP contribution in [0.5, 0.6) is 0 Å². The average Bonchev–Trinajstić information content (AvgIpc) is 2.23. The van der Waals surface area contributed by atoms with E-state index in [0.29, 0.717) is 5.44 Å². The second-order valence-corrected chi connectivity index (χ2v) is 5.00. The van der Waals surface area contributed by atoms with Gasteiger partial charge in [-0.25, -0.2) is 4.98 Å². The minimum atomic E-state index is -3.11. The van der Waals surface area contributed by atoms with Gasteiger partial charge in [0.1, 0.15) is 35.6 Å². The van der Waals surface area contributed by atoms with Crippen LogP contribution in [-0.2, 0) is 12.2 Å². The fourth-order valence-corrected chi connectivity index (χ4v) is 2.81. The third-order valence-corrected chi connectivity index (χ3v) is 4.21. The molecule has 0 aliphatic carbocycles. The summed E-state index contributed by atoms with van der Waals surface area (Å²) in [4.78, 5) is 3.88. The monoisotopic (exact) mass is 262 g/mol. The highest BCUT2D eigenvalue weighted by Crippen LogP contribution is 2.63. The van der Waals surface area contributed by atoms with E-state index in [1.807, 2.05) is 0 Å². The first kappa shape index (κ1) is 11.4. The summed E-state index contributed by atoms with van der Waals surface area (Å²) >= 11 is 15.4. The minimum Gasteiger partial charge on any atom is -0.215 e. The van der Waals surface area contributed by atoms with Crippen LogP contribution in [-0.4, -0.2) is 4.98 Å². The molecule has 0 aliphatic heterocycles. The van der Waals surface area contributed by atoms with Crippen molar-refractivity contribution in [1.82, 2.24) is 4.98 Å². The van der Waals surface area contributed by atoms with Crippen LogP contribution in [0.2, 0.25) is 0 Å². The van der Waals surface area contributed by atoms with Crippen molar-refractivity contribution in [3.63, 3.8) is 0 Å². The second-order valence-electron chi connectivity index (χ2n) is 1.89. The van der Waals surface area contributed by atoms with Crippen LogP contribution in [0, 0.1) is 0 Å². The molecule has 1 aromatic rings. The van der Waals surface area contributed by atoms with Gasteiger partial charge in [0.05, 0.1) is 0 Å². The molecule has 0 N–H and O–H groups in total. The van der Waals surface area contributed by atoms with E-state index in [2.05, 4.69) is 17.2 Å². The zero-order valence-electron chi connectivity index (χ0n) is 6.06. The van der Waals surface area contributed by atoms with Gasteiger partial charge in [0, 0.05) is 12.3 Å². The SMILES string of the molecule is ClO[P+](OCl)(OCl)c1ccccn1. The van der Waals surface area contributed by atoms with Gasteiger partial charge in [0.15, 0.2) is 0 Å². The second kappa shape index (κ2) is 5.27. The Labute approximate surface area is 90.8 Å². The van der Waals surface area contributed by atoms with E-state index < -0.39 is 7.94 Å². The van der Waals surface area contributed by atoms with Crippen molar-refractivity contribution in [2.45, 2.75) is 0 Å². The van der Waals surface area contributed by atoms with Crippen molar-refractivity contribution in [3.05, 3.63) is 24.4 Å². The third kappa shape index (κ3) is 2.42. The molecule has 0 bridgehead atoms. The molecular weight excluding hydrogens is 259 g/mol. The first-order chi connectivity index (χ1) is 6.29. The summed E-state index contributed by atoms with van der Waals surface area (Å²) < 4.78 is 13.3. The topological polar surface area (TPSA) is 40.6 Å². The molecule has 0 fully saturated rings. The molecule has 0 unspecified atom stereocenters. The predicted molar refractivity (Wildman–Crippen MR) is 51.6 cm³/mol. The van der Waals surface area contributed by atoms with Gasteiger partial charge in [-0.1, -0.05) is 18.3 Å². The molecule has 0 radical (unpaired) electrons. The summed E-state index contributed by atoms with van der Waals surface area (Å²) in [6, 6.07) is 4.97. The lowest BCUT2D eigenvalue weighted by Crippen LogP contribution is -2.14. The van der Waals surface area contributed by atoms with E-state index >= 15 is 0 Å². The highest BCUT2D eigenvalue weighted by molar-refractivity contribution is 7.71. The maximum atomic E-state index is 5.15. The van der Waals surface area contributed by atoms with E-state index in [4.69, 9.17) is 35.6 Å². The maximum absolute atomic E-state index is 5.15. The fourth-order valence-electron chi connectivity index (χ4n) is 0.654. The van der Waals surface area contributed by atoms with Crippen LogP contribution in [0.3, 0.4) is 0 Å². The molecule has 0 amide bonds. The number of rotatable bonds is 4. The van der Waals surface area contributed by atoms with Gasteiger partial charge in [-0.15, -0.1) is 0 Å². The number of aromatic nitrogens is 1. The van der Waals surface area contributed by atoms with E-state index in [1.54, 1.807) is 18.2 Å². The molecule has 0 saturated heterocycles. The lowest BCUT2D eigenvalue weighted by molar-refractivity contribution is 0.416. The van der Waals surface area contributed by atoms with Crippen molar-refractivity contribution in [3.8, 4) is 0 Å². The van der Waals surface area contributed by atoms with Crippen molar-refractivity contribution >= 4 is 49.0 Å². The summed E-state index contributed by atoms with van der Waals surface area (Å²) in [5.74, 6) is 0. The maximum Gasteiger partial charge on any atom is 0.524 e. The summed E-state index contributed by atoms with van der Waals surface area (Å²) in [5, 5.41) is 0. The Morgan fingerprint density at radius 1 is 1.08 bits per heavy atom. The Balaban J connectivity index is 3.01. The largest absolute Gasteiger partial charge is 0.524 e. The van der Waals surface area contributed by atoms with Crippen LogP contribution in [0.1, 0.15) is 0 Å². The fraction of sp³-hybridized carbons (Fsp3) is 0. The van der Waals surface area contributed by atoms with Crippen molar-refractivity contribution in [1.29, 1.82) is 0 Å². The van der Waals surface area contributed by atoms with Gasteiger partial charge in [0.25, 0.3) is 5.44 Å². The molecule has 0 aromatic carbocycles. The Kier molecular flexibility index (Phi) is 4.62. The average molecular weight is 263 g/mol. The van der Waals surface area contributed by atoms with Gasteiger partial charge >= 0.3 is 7.94 Å². The van der Waals surface area contributed by atoms with Gasteiger partial charge in [-0.05, 0) is 6.07 Å². The van der Waals surface area contributed by atoms with E-state index in [1.165, 1.54) is 6.20 Å². The number of hydrogen-bond donors (Lipinski definition) is 0. The van der Waals surface area contributed by atoms with Gasteiger partial charge in [-0.3, -0.25) is 0 Å². The Morgan fingerprint density at radius 3 is 2.08 bits per heavy atom. The van der Waals surface area contributed by atoms with Crippen LogP contribution in [0.25, 0.3) is 0 Å². The Morgan fingerprint density at radius 2 is 1.69 bits per heavy atom. The van der Waals surface area contributed by atoms with Gasteiger partial charge < -0.3 is 0 Å².